The van der Waals surface area contributed by atoms with Gasteiger partial charge >= 0.3 is 0 Å². The van der Waals surface area contributed by atoms with Gasteiger partial charge in [0.25, 0.3) is 0 Å². The molecular formula is C12H15N3O. The van der Waals surface area contributed by atoms with E-state index in [1.54, 1.807) is 7.05 Å². The summed E-state index contributed by atoms with van der Waals surface area (Å²) in [6, 6.07) is 0.241. The number of aromatic nitrogens is 1. The predicted molar refractivity (Wildman–Crippen MR) is 61.3 cm³/mol. The number of nitrogens with one attached hydrogen (secondary N) is 2. The molecule has 0 saturated heterocycles. The number of H-pyrrole nitrogens is 1. The summed E-state index contributed by atoms with van der Waals surface area (Å²) in [7, 11) is 3.89. The second-order valence-electron chi connectivity index (χ2n) is 4.44. The van der Waals surface area contributed by atoms with Gasteiger partial charge in [-0.3, -0.25) is 9.69 Å². The molecule has 1 aromatic heterocycles. The molecule has 1 aliphatic heterocycles. The number of hydrogen-bond donors (Lipinski definition) is 2. The Bertz CT molecular complexity index is 486. The largest absolute Gasteiger partial charge is 0.385 e. The van der Waals surface area contributed by atoms with Crippen LogP contribution < -0.4 is 5.32 Å². The van der Waals surface area contributed by atoms with Crippen LogP contribution in [0.5, 0.6) is 0 Å². The number of carbonyl (C=O) groups is 1. The molecule has 3 rings (SSSR count). The Balaban J connectivity index is 2.19. The van der Waals surface area contributed by atoms with E-state index in [-0.39, 0.29) is 11.8 Å². The third-order valence-corrected chi connectivity index (χ3v) is 3.58. The van der Waals surface area contributed by atoms with Crippen molar-refractivity contribution in [2.45, 2.75) is 12.5 Å². The van der Waals surface area contributed by atoms with Gasteiger partial charge in [-0.2, -0.15) is 0 Å². The molecule has 16 heavy (non-hydrogen) atoms. The highest BCUT2D eigenvalue weighted by molar-refractivity contribution is 6.09. The Morgan fingerprint density at radius 2 is 2.38 bits per heavy atom. The highest BCUT2D eigenvalue weighted by atomic mass is 16.1. The molecule has 0 fully saturated rings. The van der Waals surface area contributed by atoms with Gasteiger partial charge in [0, 0.05) is 25.4 Å². The highest BCUT2D eigenvalue weighted by Gasteiger charge is 2.34. The summed E-state index contributed by atoms with van der Waals surface area (Å²) in [5.41, 5.74) is 3.92. The molecule has 4 heteroatoms. The van der Waals surface area contributed by atoms with Gasteiger partial charge in [0.2, 0.25) is 5.78 Å². The molecule has 84 valence electrons. The number of ketones is 1. The molecule has 1 aromatic rings. The van der Waals surface area contributed by atoms with Crippen LogP contribution in [0.1, 0.15) is 27.7 Å². The van der Waals surface area contributed by atoms with E-state index in [4.69, 9.17) is 0 Å². The van der Waals surface area contributed by atoms with Crippen molar-refractivity contribution in [3.05, 3.63) is 34.8 Å². The Morgan fingerprint density at radius 1 is 1.56 bits per heavy atom. The monoisotopic (exact) mass is 217 g/mol. The van der Waals surface area contributed by atoms with Crippen molar-refractivity contribution in [1.82, 2.24) is 15.2 Å². The summed E-state index contributed by atoms with van der Waals surface area (Å²) in [6.07, 6.45) is 5.03. The molecule has 0 radical (unpaired) electrons. The molecule has 1 aliphatic carbocycles. The number of rotatable bonds is 1. The lowest BCUT2D eigenvalue weighted by atomic mass is 9.88. The topological polar surface area (TPSA) is 48.1 Å². The van der Waals surface area contributed by atoms with Gasteiger partial charge in [-0.15, -0.1) is 0 Å². The summed E-state index contributed by atoms with van der Waals surface area (Å²) < 4.78 is 0. The second kappa shape index (κ2) is 3.22. The van der Waals surface area contributed by atoms with Crippen molar-refractivity contribution in [3.63, 3.8) is 0 Å². The highest BCUT2D eigenvalue weighted by Crippen LogP contribution is 2.36. The minimum atomic E-state index is 0.0790. The van der Waals surface area contributed by atoms with E-state index in [1.165, 1.54) is 11.1 Å². The van der Waals surface area contributed by atoms with Crippen molar-refractivity contribution in [2.24, 2.45) is 0 Å². The summed E-state index contributed by atoms with van der Waals surface area (Å²) in [5, 5.41) is 2.98. The molecule has 0 amide bonds. The summed E-state index contributed by atoms with van der Waals surface area (Å²) >= 11 is 0. The summed E-state index contributed by atoms with van der Waals surface area (Å²) in [6.45, 7) is 1.04. The maximum atomic E-state index is 12.1. The van der Waals surface area contributed by atoms with Crippen LogP contribution in [0.25, 0.3) is 0 Å². The van der Waals surface area contributed by atoms with Crippen molar-refractivity contribution in [3.8, 4) is 0 Å². The average molecular weight is 217 g/mol. The van der Waals surface area contributed by atoms with Crippen LogP contribution in [0.2, 0.25) is 0 Å². The van der Waals surface area contributed by atoms with Crippen molar-refractivity contribution >= 4 is 5.78 Å². The minimum absolute atomic E-state index is 0.0790. The zero-order chi connectivity index (χ0) is 11.3. The van der Waals surface area contributed by atoms with E-state index >= 15 is 0 Å². The fourth-order valence-electron chi connectivity index (χ4n) is 2.64. The Hall–Kier alpha value is -1.55. The Kier molecular flexibility index (Phi) is 1.94. The first kappa shape index (κ1) is 9.66. The zero-order valence-corrected chi connectivity index (χ0v) is 9.50. The van der Waals surface area contributed by atoms with Gasteiger partial charge in [-0.25, -0.2) is 0 Å². The molecule has 2 heterocycles. The zero-order valence-electron chi connectivity index (χ0n) is 9.50. The molecule has 1 unspecified atom stereocenters. The van der Waals surface area contributed by atoms with Crippen molar-refractivity contribution in [1.29, 1.82) is 0 Å². The molecule has 4 nitrogen and oxygen atoms in total. The van der Waals surface area contributed by atoms with Crippen LogP contribution in [-0.4, -0.2) is 36.3 Å². The van der Waals surface area contributed by atoms with E-state index in [1.807, 2.05) is 12.3 Å². The summed E-state index contributed by atoms with van der Waals surface area (Å²) in [5.74, 6) is 0.0790. The number of hydrogen-bond acceptors (Lipinski definition) is 3. The van der Waals surface area contributed by atoms with Gasteiger partial charge in [0.05, 0.1) is 17.4 Å². The van der Waals surface area contributed by atoms with Gasteiger partial charge in [-0.1, -0.05) is 0 Å². The Labute approximate surface area is 94.3 Å². The second-order valence-corrected chi connectivity index (χ2v) is 4.44. The third kappa shape index (κ3) is 1.10. The van der Waals surface area contributed by atoms with Crippen LogP contribution >= 0.6 is 0 Å². The fraction of sp³-hybridized carbons (Fsp3) is 0.417. The lowest BCUT2D eigenvalue weighted by molar-refractivity contribution is 0.101. The maximum Gasteiger partial charge on any atom is 0.225 e. The van der Waals surface area contributed by atoms with Gasteiger partial charge < -0.3 is 10.3 Å². The number of allylic oxidation sites excluding steroid dienone is 1. The number of Topliss-reactive ketones (excluding diaryl/α,β-unsaturated/α-hetero) is 1. The number of likely N-dealkylation sites (N-methyl/N-ethyl adjacent to an activating group) is 2. The number of nitrogens with zero attached hydrogens (tertiary/aromatic N) is 1. The van der Waals surface area contributed by atoms with E-state index in [2.05, 4.69) is 22.2 Å². The Morgan fingerprint density at radius 3 is 3.12 bits per heavy atom. The first-order valence-electron chi connectivity index (χ1n) is 5.57. The third-order valence-electron chi connectivity index (χ3n) is 3.58. The molecule has 0 spiro atoms. The smallest absolute Gasteiger partial charge is 0.225 e. The molecule has 0 aromatic carbocycles. The molecule has 0 bridgehead atoms. The first-order valence-corrected chi connectivity index (χ1v) is 5.57. The normalized spacial score (nSPS) is 24.0. The maximum absolute atomic E-state index is 12.1. The number of aromatic amines is 1. The molecule has 2 N–H and O–H groups in total. The quantitative estimate of drug-likeness (QED) is 0.733. The molecule has 0 saturated carbocycles. The first-order chi connectivity index (χ1) is 7.72. The van der Waals surface area contributed by atoms with Crippen molar-refractivity contribution in [2.75, 3.05) is 20.6 Å². The van der Waals surface area contributed by atoms with E-state index in [0.717, 1.165) is 18.7 Å². The predicted octanol–water partition coefficient (Wildman–Crippen LogP) is 0.843. The van der Waals surface area contributed by atoms with Gasteiger partial charge in [0.15, 0.2) is 0 Å². The fourth-order valence-corrected chi connectivity index (χ4v) is 2.64. The van der Waals surface area contributed by atoms with E-state index in [9.17, 15) is 4.79 Å². The lowest BCUT2D eigenvalue weighted by Crippen LogP contribution is -2.35. The van der Waals surface area contributed by atoms with Crippen LogP contribution in [0.4, 0.5) is 0 Å². The van der Waals surface area contributed by atoms with Crippen molar-refractivity contribution < 1.29 is 4.79 Å². The lowest BCUT2D eigenvalue weighted by Gasteiger charge is -2.34. The van der Waals surface area contributed by atoms with E-state index in [0.29, 0.717) is 5.70 Å². The van der Waals surface area contributed by atoms with Crippen LogP contribution in [0.3, 0.4) is 0 Å². The van der Waals surface area contributed by atoms with Crippen LogP contribution in [0, 0.1) is 0 Å². The van der Waals surface area contributed by atoms with Gasteiger partial charge in [-0.05, 0) is 25.1 Å². The van der Waals surface area contributed by atoms with Gasteiger partial charge in [0.1, 0.15) is 0 Å². The summed E-state index contributed by atoms with van der Waals surface area (Å²) in [4.78, 5) is 17.5. The van der Waals surface area contributed by atoms with Crippen LogP contribution in [0.15, 0.2) is 18.0 Å². The molecule has 2 aliphatic rings. The van der Waals surface area contributed by atoms with Crippen LogP contribution in [-0.2, 0) is 6.42 Å². The number of carbonyl (C=O) groups excluding carboxylic acids is 1. The SMILES string of the molecule is CNC1=CC2c3c(c[nH]c3C1=O)CCN2C. The molecular weight excluding hydrogens is 202 g/mol. The average Bonchev–Trinajstić information content (AvgIpc) is 2.71. The standard InChI is InChI=1S/C12H15N3O/c1-13-8-5-9-10-7(3-4-15(9)2)6-14-11(10)12(8)16/h5-6,9,13-14H,3-4H2,1-2H3. The molecule has 1 atom stereocenters. The minimum Gasteiger partial charge on any atom is -0.385 e. The van der Waals surface area contributed by atoms with E-state index < -0.39 is 0 Å².